The summed E-state index contributed by atoms with van der Waals surface area (Å²) in [7, 11) is 0. The molecule has 5 nitrogen and oxygen atoms in total. The van der Waals surface area contributed by atoms with Crippen molar-refractivity contribution in [3.63, 3.8) is 0 Å². The van der Waals surface area contributed by atoms with Gasteiger partial charge in [-0.2, -0.15) is 0 Å². The zero-order valence-corrected chi connectivity index (χ0v) is 10.4. The summed E-state index contributed by atoms with van der Waals surface area (Å²) >= 11 is 0. The van der Waals surface area contributed by atoms with Crippen molar-refractivity contribution in [2.45, 2.75) is 32.9 Å². The predicted molar refractivity (Wildman–Crippen MR) is 67.7 cm³/mol. The number of hydrogen-bond acceptors (Lipinski definition) is 4. The number of hydrogen-bond donors (Lipinski definition) is 2. The average molecular weight is 237 g/mol. The van der Waals surface area contributed by atoms with Crippen LogP contribution in [-0.4, -0.2) is 17.1 Å². The maximum Gasteiger partial charge on any atom is 0.233 e. The normalized spacial score (nSPS) is 11.2. The van der Waals surface area contributed by atoms with E-state index in [1.807, 2.05) is 20.8 Å². The molecule has 1 rings (SSSR count). The molecule has 0 aliphatic carbocycles. The van der Waals surface area contributed by atoms with Gasteiger partial charge in [-0.1, -0.05) is 0 Å². The van der Waals surface area contributed by atoms with Crippen LogP contribution in [0.4, 0.5) is 11.4 Å². The highest BCUT2D eigenvalue weighted by Gasteiger charge is 2.17. The molecular weight excluding hydrogens is 218 g/mol. The summed E-state index contributed by atoms with van der Waals surface area (Å²) in [4.78, 5) is 16.4. The van der Waals surface area contributed by atoms with Crippen molar-refractivity contribution < 1.29 is 9.63 Å². The third-order valence-corrected chi connectivity index (χ3v) is 2.00. The van der Waals surface area contributed by atoms with Crippen LogP contribution in [0.2, 0.25) is 0 Å². The number of carbonyl (C=O) groups excluding carboxylic acids is 1. The van der Waals surface area contributed by atoms with Gasteiger partial charge >= 0.3 is 0 Å². The van der Waals surface area contributed by atoms with Gasteiger partial charge in [0.2, 0.25) is 6.41 Å². The largest absolute Gasteiger partial charge is 0.399 e. The molecule has 5 heteroatoms. The Morgan fingerprint density at radius 3 is 2.53 bits per heavy atom. The second kappa shape index (κ2) is 5.05. The van der Waals surface area contributed by atoms with Gasteiger partial charge in [-0.3, -0.25) is 9.63 Å². The average Bonchev–Trinajstić information content (AvgIpc) is 2.20. The van der Waals surface area contributed by atoms with Crippen LogP contribution in [0, 0.1) is 0 Å². The Balaban J connectivity index is 2.80. The lowest BCUT2D eigenvalue weighted by molar-refractivity contribution is -0.220. The van der Waals surface area contributed by atoms with Gasteiger partial charge in [-0.15, -0.1) is 0 Å². The first-order chi connectivity index (χ1) is 7.81. The van der Waals surface area contributed by atoms with Crippen molar-refractivity contribution in [2.75, 3.05) is 11.5 Å². The maximum absolute atomic E-state index is 10.9. The van der Waals surface area contributed by atoms with E-state index < -0.39 is 5.60 Å². The monoisotopic (exact) mass is 237 g/mol. The summed E-state index contributed by atoms with van der Waals surface area (Å²) in [6, 6.07) is 5.16. The fourth-order valence-electron chi connectivity index (χ4n) is 1.37. The first-order valence-electron chi connectivity index (χ1n) is 5.37. The molecule has 0 heterocycles. The second-order valence-corrected chi connectivity index (χ2v) is 4.84. The van der Waals surface area contributed by atoms with Gasteiger partial charge in [0.15, 0.2) is 0 Å². The van der Waals surface area contributed by atoms with E-state index >= 15 is 0 Å². The molecule has 0 spiro atoms. The molecular formula is C12H19N3O2. The predicted octanol–water partition coefficient (Wildman–Crippen LogP) is 1.54. The molecule has 17 heavy (non-hydrogen) atoms. The Kier molecular flexibility index (Phi) is 3.96. The van der Waals surface area contributed by atoms with E-state index in [4.69, 9.17) is 16.3 Å². The van der Waals surface area contributed by atoms with E-state index in [9.17, 15) is 4.79 Å². The van der Waals surface area contributed by atoms with Crippen LogP contribution < -0.4 is 11.5 Å². The zero-order valence-electron chi connectivity index (χ0n) is 10.4. The van der Waals surface area contributed by atoms with Crippen molar-refractivity contribution in [3.05, 3.63) is 23.8 Å². The molecule has 4 N–H and O–H groups in total. The molecule has 0 fully saturated rings. The third kappa shape index (κ3) is 4.32. The van der Waals surface area contributed by atoms with Gasteiger partial charge in [-0.05, 0) is 44.5 Å². The maximum atomic E-state index is 10.9. The minimum atomic E-state index is -0.435. The molecule has 0 aromatic heterocycles. The van der Waals surface area contributed by atoms with Crippen molar-refractivity contribution in [1.29, 1.82) is 0 Å². The van der Waals surface area contributed by atoms with Crippen LogP contribution in [0.5, 0.6) is 0 Å². The quantitative estimate of drug-likeness (QED) is 0.473. The smallest absolute Gasteiger partial charge is 0.233 e. The van der Waals surface area contributed by atoms with Crippen molar-refractivity contribution >= 4 is 17.8 Å². The molecule has 0 bridgehead atoms. The summed E-state index contributed by atoms with van der Waals surface area (Å²) in [5.74, 6) is 0. The molecule has 1 aromatic rings. The number of nitrogen functional groups attached to an aromatic ring is 2. The van der Waals surface area contributed by atoms with Crippen LogP contribution in [0.3, 0.4) is 0 Å². The van der Waals surface area contributed by atoms with Crippen LogP contribution >= 0.6 is 0 Å². The number of amides is 1. The fourth-order valence-corrected chi connectivity index (χ4v) is 1.37. The fraction of sp³-hybridized carbons (Fsp3) is 0.417. The molecule has 0 aliphatic heterocycles. The van der Waals surface area contributed by atoms with Gasteiger partial charge in [0.05, 0.1) is 12.1 Å². The summed E-state index contributed by atoms with van der Waals surface area (Å²) in [6.45, 7) is 5.88. The van der Waals surface area contributed by atoms with Gasteiger partial charge in [0, 0.05) is 11.4 Å². The number of rotatable bonds is 4. The number of anilines is 2. The third-order valence-electron chi connectivity index (χ3n) is 2.00. The lowest BCUT2D eigenvalue weighted by Gasteiger charge is -2.27. The minimum absolute atomic E-state index is 0.275. The van der Waals surface area contributed by atoms with Gasteiger partial charge in [-0.25, -0.2) is 5.06 Å². The Morgan fingerprint density at radius 2 is 2.00 bits per heavy atom. The Bertz CT molecular complexity index is 399. The standard InChI is InChI=1S/C12H19N3O2/c1-12(2,3)17-15(8-16)7-9-6-10(13)4-5-11(9)14/h4-6,8H,7,13-14H2,1-3H3. The number of hydroxylamine groups is 2. The lowest BCUT2D eigenvalue weighted by atomic mass is 10.1. The van der Waals surface area contributed by atoms with E-state index in [0.29, 0.717) is 17.8 Å². The summed E-state index contributed by atoms with van der Waals surface area (Å²) in [5, 5.41) is 1.21. The Morgan fingerprint density at radius 1 is 1.35 bits per heavy atom. The molecule has 94 valence electrons. The van der Waals surface area contributed by atoms with Crippen molar-refractivity contribution in [1.82, 2.24) is 5.06 Å². The van der Waals surface area contributed by atoms with Crippen molar-refractivity contribution in [3.8, 4) is 0 Å². The van der Waals surface area contributed by atoms with Crippen LogP contribution in [-0.2, 0) is 16.2 Å². The van der Waals surface area contributed by atoms with E-state index in [1.165, 1.54) is 5.06 Å². The summed E-state index contributed by atoms with van der Waals surface area (Å²) < 4.78 is 0. The Hall–Kier alpha value is -1.75. The lowest BCUT2D eigenvalue weighted by Crippen LogP contribution is -2.32. The molecule has 0 aliphatic rings. The van der Waals surface area contributed by atoms with Crippen LogP contribution in [0.1, 0.15) is 26.3 Å². The minimum Gasteiger partial charge on any atom is -0.399 e. The SMILES string of the molecule is CC(C)(C)ON(C=O)Cc1cc(N)ccc1N. The van der Waals surface area contributed by atoms with Gasteiger partial charge < -0.3 is 11.5 Å². The van der Waals surface area contributed by atoms with E-state index in [0.717, 1.165) is 5.56 Å². The first-order valence-corrected chi connectivity index (χ1v) is 5.37. The molecule has 0 radical (unpaired) electrons. The van der Waals surface area contributed by atoms with E-state index in [1.54, 1.807) is 18.2 Å². The number of carbonyl (C=O) groups is 1. The number of nitrogens with two attached hydrogens (primary N) is 2. The van der Waals surface area contributed by atoms with Gasteiger partial charge in [0.1, 0.15) is 0 Å². The number of nitrogens with zero attached hydrogens (tertiary/aromatic N) is 1. The molecule has 0 saturated carbocycles. The van der Waals surface area contributed by atoms with Crippen LogP contribution in [0.15, 0.2) is 18.2 Å². The molecule has 0 unspecified atom stereocenters. The van der Waals surface area contributed by atoms with E-state index in [-0.39, 0.29) is 6.54 Å². The molecule has 1 amide bonds. The second-order valence-electron chi connectivity index (χ2n) is 4.84. The highest BCUT2D eigenvalue weighted by molar-refractivity contribution is 5.56. The highest BCUT2D eigenvalue weighted by atomic mass is 16.7. The van der Waals surface area contributed by atoms with E-state index in [2.05, 4.69) is 0 Å². The first kappa shape index (κ1) is 13.3. The highest BCUT2D eigenvalue weighted by Crippen LogP contribution is 2.19. The Labute approximate surface area is 101 Å². The summed E-state index contributed by atoms with van der Waals surface area (Å²) in [6.07, 6.45) is 0.633. The number of benzene rings is 1. The topological polar surface area (TPSA) is 81.6 Å². The zero-order chi connectivity index (χ0) is 13.1. The molecule has 1 aromatic carbocycles. The molecule has 0 atom stereocenters. The summed E-state index contributed by atoms with van der Waals surface area (Å²) in [5.41, 5.74) is 13.0. The van der Waals surface area contributed by atoms with Crippen molar-refractivity contribution in [2.24, 2.45) is 0 Å². The van der Waals surface area contributed by atoms with Gasteiger partial charge in [0.25, 0.3) is 0 Å². The molecule has 0 saturated heterocycles. The van der Waals surface area contributed by atoms with Crippen LogP contribution in [0.25, 0.3) is 0 Å².